The molecular weight excluding hydrogens is 439 g/mol. The van der Waals surface area contributed by atoms with Crippen LogP contribution in [0.2, 0.25) is 0 Å². The van der Waals surface area contributed by atoms with Crippen molar-refractivity contribution in [1.82, 2.24) is 10.3 Å². The highest BCUT2D eigenvalue weighted by molar-refractivity contribution is 7.22. The Bertz CT molecular complexity index is 1040. The lowest BCUT2D eigenvalue weighted by Crippen LogP contribution is -2.29. The normalized spacial score (nSPS) is 11.1. The van der Waals surface area contributed by atoms with Crippen molar-refractivity contribution in [3.8, 4) is 5.75 Å². The van der Waals surface area contributed by atoms with Gasteiger partial charge < -0.3 is 19.5 Å². The van der Waals surface area contributed by atoms with Gasteiger partial charge in [-0.15, -0.1) is 13.2 Å². The van der Waals surface area contributed by atoms with Gasteiger partial charge in [0.15, 0.2) is 5.13 Å². The van der Waals surface area contributed by atoms with Crippen molar-refractivity contribution in [2.24, 2.45) is 0 Å². The molecule has 0 saturated heterocycles. The van der Waals surface area contributed by atoms with Gasteiger partial charge in [-0.2, -0.15) is 0 Å². The number of fused-ring (bicyclic) bond motifs is 1. The zero-order chi connectivity index (χ0) is 22.3. The summed E-state index contributed by atoms with van der Waals surface area (Å²) >= 11 is 0.954. The summed E-state index contributed by atoms with van der Waals surface area (Å²) in [4.78, 5) is 27.5. The van der Waals surface area contributed by atoms with E-state index < -0.39 is 18.5 Å². The molecule has 3 aromatic rings. The minimum Gasteiger partial charge on any atom is -0.447 e. The van der Waals surface area contributed by atoms with Crippen LogP contribution in [0.15, 0.2) is 48.5 Å². The molecule has 3 rings (SSSR count). The highest BCUT2D eigenvalue weighted by Crippen LogP contribution is 2.31. The van der Waals surface area contributed by atoms with E-state index in [0.717, 1.165) is 23.0 Å². The van der Waals surface area contributed by atoms with Crippen LogP contribution in [-0.2, 0) is 16.1 Å². The SMILES string of the molecule is O=C(NCCOC(=O)Nc1nc2ccc(OC(F)(F)F)cc2s1)OCc1ccccc1. The lowest BCUT2D eigenvalue weighted by molar-refractivity contribution is -0.274. The number of hydrogen-bond donors (Lipinski definition) is 2. The van der Waals surface area contributed by atoms with Gasteiger partial charge in [0.25, 0.3) is 0 Å². The lowest BCUT2D eigenvalue weighted by Gasteiger charge is -2.08. The molecule has 0 bridgehead atoms. The number of halogens is 3. The van der Waals surface area contributed by atoms with E-state index in [1.165, 1.54) is 12.1 Å². The third-order valence-electron chi connectivity index (χ3n) is 3.62. The molecule has 8 nitrogen and oxygen atoms in total. The monoisotopic (exact) mass is 455 g/mol. The first-order chi connectivity index (χ1) is 14.8. The third-order valence-corrected chi connectivity index (χ3v) is 4.55. The van der Waals surface area contributed by atoms with Gasteiger partial charge in [0.1, 0.15) is 19.0 Å². The van der Waals surface area contributed by atoms with Crippen LogP contribution in [-0.4, -0.2) is 36.7 Å². The number of benzene rings is 2. The predicted molar refractivity (Wildman–Crippen MR) is 106 cm³/mol. The predicted octanol–water partition coefficient (Wildman–Crippen LogP) is 4.67. The average molecular weight is 455 g/mol. The van der Waals surface area contributed by atoms with Gasteiger partial charge in [0.2, 0.25) is 0 Å². The maximum Gasteiger partial charge on any atom is 0.573 e. The van der Waals surface area contributed by atoms with Crippen LogP contribution in [0.25, 0.3) is 10.2 Å². The number of rotatable bonds is 7. The third kappa shape index (κ3) is 7.33. The topological polar surface area (TPSA) is 98.8 Å². The summed E-state index contributed by atoms with van der Waals surface area (Å²) in [6.07, 6.45) is -6.29. The maximum absolute atomic E-state index is 12.3. The first-order valence-electron chi connectivity index (χ1n) is 8.83. The van der Waals surface area contributed by atoms with Crippen LogP contribution in [0.1, 0.15) is 5.56 Å². The quantitative estimate of drug-likeness (QED) is 0.503. The Morgan fingerprint density at radius 1 is 1.03 bits per heavy atom. The van der Waals surface area contributed by atoms with Crippen LogP contribution >= 0.6 is 11.3 Å². The molecule has 0 saturated carbocycles. The minimum atomic E-state index is -4.80. The second-order valence-corrected chi connectivity index (χ2v) is 6.98. The van der Waals surface area contributed by atoms with Crippen molar-refractivity contribution >= 4 is 38.9 Å². The van der Waals surface area contributed by atoms with E-state index in [0.29, 0.717) is 10.2 Å². The number of anilines is 1. The Balaban J connectivity index is 1.39. The Morgan fingerprint density at radius 3 is 2.55 bits per heavy atom. The molecule has 0 aliphatic rings. The molecule has 0 atom stereocenters. The summed E-state index contributed by atoms with van der Waals surface area (Å²) in [5.74, 6) is -0.386. The number of aromatic nitrogens is 1. The first kappa shape index (κ1) is 22.2. The molecule has 2 aromatic carbocycles. The van der Waals surface area contributed by atoms with Gasteiger partial charge >= 0.3 is 18.5 Å². The van der Waals surface area contributed by atoms with Gasteiger partial charge in [-0.25, -0.2) is 14.6 Å². The first-order valence-corrected chi connectivity index (χ1v) is 9.65. The second-order valence-electron chi connectivity index (χ2n) is 5.95. The zero-order valence-electron chi connectivity index (χ0n) is 15.8. The number of hydrogen-bond acceptors (Lipinski definition) is 7. The fraction of sp³-hybridized carbons (Fsp3) is 0.211. The van der Waals surface area contributed by atoms with E-state index in [4.69, 9.17) is 9.47 Å². The van der Waals surface area contributed by atoms with Crippen LogP contribution in [0, 0.1) is 0 Å². The fourth-order valence-electron chi connectivity index (χ4n) is 2.35. The van der Waals surface area contributed by atoms with Crippen LogP contribution in [0.4, 0.5) is 27.9 Å². The van der Waals surface area contributed by atoms with E-state index >= 15 is 0 Å². The molecule has 0 aliphatic heterocycles. The van der Waals surface area contributed by atoms with Crippen molar-refractivity contribution in [2.75, 3.05) is 18.5 Å². The number of nitrogens with one attached hydrogen (secondary N) is 2. The molecule has 164 valence electrons. The van der Waals surface area contributed by atoms with Crippen molar-refractivity contribution in [3.05, 3.63) is 54.1 Å². The summed E-state index contributed by atoms with van der Waals surface area (Å²) in [5.41, 5.74) is 1.22. The highest BCUT2D eigenvalue weighted by Gasteiger charge is 2.31. The Kier molecular flexibility index (Phi) is 7.13. The van der Waals surface area contributed by atoms with E-state index in [1.807, 2.05) is 30.3 Å². The van der Waals surface area contributed by atoms with Crippen LogP contribution in [0.3, 0.4) is 0 Å². The number of amides is 2. The van der Waals surface area contributed by atoms with Gasteiger partial charge in [-0.3, -0.25) is 5.32 Å². The molecule has 1 heterocycles. The standard InChI is InChI=1S/C19H16F3N3O5S/c20-19(21,22)30-13-6-7-14-15(10-13)31-16(24-14)25-18(27)28-9-8-23-17(26)29-11-12-4-2-1-3-5-12/h1-7,10H,8-9,11H2,(H,23,26)(H,24,25,27). The maximum atomic E-state index is 12.3. The molecule has 0 aliphatic carbocycles. The van der Waals surface area contributed by atoms with Gasteiger partial charge in [-0.05, 0) is 17.7 Å². The minimum absolute atomic E-state index is 0.0268. The summed E-state index contributed by atoms with van der Waals surface area (Å²) in [6.45, 7) is 0.0150. The van der Waals surface area contributed by atoms with Gasteiger partial charge in [0.05, 0.1) is 16.8 Å². The molecule has 0 fully saturated rings. The van der Waals surface area contributed by atoms with Gasteiger partial charge in [0, 0.05) is 6.07 Å². The largest absolute Gasteiger partial charge is 0.573 e. The van der Waals surface area contributed by atoms with E-state index in [1.54, 1.807) is 0 Å². The Hall–Kier alpha value is -3.54. The van der Waals surface area contributed by atoms with Crippen molar-refractivity contribution < 1.29 is 37.0 Å². The fourth-order valence-corrected chi connectivity index (χ4v) is 3.23. The van der Waals surface area contributed by atoms with Crippen molar-refractivity contribution in [2.45, 2.75) is 13.0 Å². The van der Waals surface area contributed by atoms with Crippen molar-refractivity contribution in [3.63, 3.8) is 0 Å². The highest BCUT2D eigenvalue weighted by atomic mass is 32.1. The zero-order valence-corrected chi connectivity index (χ0v) is 16.6. The van der Waals surface area contributed by atoms with Crippen LogP contribution < -0.4 is 15.4 Å². The van der Waals surface area contributed by atoms with E-state index in [9.17, 15) is 22.8 Å². The number of alkyl carbamates (subject to hydrolysis) is 1. The molecule has 0 unspecified atom stereocenters. The number of thiazole rings is 1. The molecule has 1 aromatic heterocycles. The van der Waals surface area contributed by atoms with Gasteiger partial charge in [-0.1, -0.05) is 41.7 Å². The number of carbonyl (C=O) groups excluding carboxylic acids is 2. The summed E-state index contributed by atoms with van der Waals surface area (Å²) < 4.78 is 51.1. The molecule has 2 amide bonds. The number of ether oxygens (including phenoxy) is 3. The Labute approximate surface area is 177 Å². The second kappa shape index (κ2) is 9.98. The summed E-state index contributed by atoms with van der Waals surface area (Å²) in [6, 6.07) is 12.8. The molecule has 0 spiro atoms. The summed E-state index contributed by atoms with van der Waals surface area (Å²) in [7, 11) is 0. The molecular formula is C19H16F3N3O5S. The molecule has 12 heteroatoms. The number of nitrogens with zero attached hydrogens (tertiary/aromatic N) is 1. The molecule has 31 heavy (non-hydrogen) atoms. The summed E-state index contributed by atoms with van der Waals surface area (Å²) in [5, 5.41) is 4.94. The smallest absolute Gasteiger partial charge is 0.447 e. The molecule has 2 N–H and O–H groups in total. The van der Waals surface area contributed by atoms with Crippen molar-refractivity contribution in [1.29, 1.82) is 0 Å². The van der Waals surface area contributed by atoms with Crippen LogP contribution in [0.5, 0.6) is 5.75 Å². The number of carbonyl (C=O) groups is 2. The van der Waals surface area contributed by atoms with E-state index in [-0.39, 0.29) is 30.6 Å². The average Bonchev–Trinajstić information content (AvgIpc) is 3.10. The molecule has 0 radical (unpaired) electrons. The van der Waals surface area contributed by atoms with E-state index in [2.05, 4.69) is 20.4 Å². The number of alkyl halides is 3. The lowest BCUT2D eigenvalue weighted by atomic mass is 10.2. The Morgan fingerprint density at radius 2 is 1.81 bits per heavy atom.